The molecular weight excluding hydrogens is 196 g/mol. The SMILES string of the molecule is O=C1c2ccccc2C2NC(=S)CN12. The van der Waals surface area contributed by atoms with Crippen molar-refractivity contribution in [3.63, 3.8) is 0 Å². The topological polar surface area (TPSA) is 32.3 Å². The lowest BCUT2D eigenvalue weighted by Gasteiger charge is -2.13. The molecule has 1 N–H and O–H groups in total. The van der Waals surface area contributed by atoms with E-state index in [1.807, 2.05) is 24.3 Å². The Bertz CT molecular complexity index is 444. The zero-order valence-electron chi connectivity index (χ0n) is 7.36. The van der Waals surface area contributed by atoms with E-state index < -0.39 is 0 Å². The van der Waals surface area contributed by atoms with Gasteiger partial charge in [0.1, 0.15) is 6.17 Å². The normalized spacial score (nSPS) is 23.4. The van der Waals surface area contributed by atoms with Crippen molar-refractivity contribution in [2.75, 3.05) is 6.54 Å². The van der Waals surface area contributed by atoms with Crippen LogP contribution in [0.5, 0.6) is 0 Å². The first-order valence-corrected chi connectivity index (χ1v) is 4.87. The van der Waals surface area contributed by atoms with E-state index in [2.05, 4.69) is 5.32 Å². The summed E-state index contributed by atoms with van der Waals surface area (Å²) in [6.45, 7) is 0.549. The van der Waals surface area contributed by atoms with Crippen LogP contribution < -0.4 is 5.32 Å². The predicted octanol–water partition coefficient (Wildman–Crippen LogP) is 1.07. The predicted molar refractivity (Wildman–Crippen MR) is 56.0 cm³/mol. The van der Waals surface area contributed by atoms with E-state index in [1.165, 1.54) is 0 Å². The number of amides is 1. The molecule has 3 nitrogen and oxygen atoms in total. The largest absolute Gasteiger partial charge is 0.354 e. The monoisotopic (exact) mass is 204 g/mol. The summed E-state index contributed by atoms with van der Waals surface area (Å²) in [7, 11) is 0. The number of thiocarbonyl (C=S) groups is 1. The summed E-state index contributed by atoms with van der Waals surface area (Å²) >= 11 is 5.05. The van der Waals surface area contributed by atoms with Crippen LogP contribution in [0.3, 0.4) is 0 Å². The molecule has 1 saturated heterocycles. The lowest BCUT2D eigenvalue weighted by Crippen LogP contribution is -2.25. The molecule has 1 amide bonds. The third-order valence-electron chi connectivity index (χ3n) is 2.67. The first-order valence-electron chi connectivity index (χ1n) is 4.46. The lowest BCUT2D eigenvalue weighted by molar-refractivity contribution is 0.0773. The lowest BCUT2D eigenvalue weighted by atomic mass is 10.1. The Balaban J connectivity index is 2.16. The van der Waals surface area contributed by atoms with Crippen molar-refractivity contribution in [1.82, 2.24) is 10.2 Å². The smallest absolute Gasteiger partial charge is 0.256 e. The molecule has 1 fully saturated rings. The summed E-state index contributed by atoms with van der Waals surface area (Å²) < 4.78 is 0. The number of carbonyl (C=O) groups is 1. The second-order valence-corrected chi connectivity index (χ2v) is 3.98. The number of nitrogens with one attached hydrogen (secondary N) is 1. The van der Waals surface area contributed by atoms with Crippen LogP contribution in [-0.2, 0) is 0 Å². The molecule has 1 aromatic rings. The Labute approximate surface area is 86.7 Å². The van der Waals surface area contributed by atoms with Gasteiger partial charge in [0, 0.05) is 11.1 Å². The van der Waals surface area contributed by atoms with Crippen LogP contribution in [0.25, 0.3) is 0 Å². The first kappa shape index (κ1) is 7.94. The Hall–Kier alpha value is -1.42. The van der Waals surface area contributed by atoms with Crippen molar-refractivity contribution in [2.45, 2.75) is 6.17 Å². The van der Waals surface area contributed by atoms with Crippen LogP contribution in [0.4, 0.5) is 0 Å². The number of fused-ring (bicyclic) bond motifs is 3. The van der Waals surface area contributed by atoms with Crippen LogP contribution in [-0.4, -0.2) is 22.3 Å². The van der Waals surface area contributed by atoms with Crippen LogP contribution in [0.1, 0.15) is 22.1 Å². The average molecular weight is 204 g/mol. The second-order valence-electron chi connectivity index (χ2n) is 3.49. The maximum Gasteiger partial charge on any atom is 0.256 e. The minimum absolute atomic E-state index is 0.0220. The highest BCUT2D eigenvalue weighted by molar-refractivity contribution is 7.80. The zero-order valence-corrected chi connectivity index (χ0v) is 8.17. The first-order chi connectivity index (χ1) is 6.77. The molecule has 2 heterocycles. The minimum Gasteiger partial charge on any atom is -0.354 e. The van der Waals surface area contributed by atoms with E-state index in [0.29, 0.717) is 6.54 Å². The molecule has 2 aliphatic heterocycles. The maximum absolute atomic E-state index is 11.9. The summed E-state index contributed by atoms with van der Waals surface area (Å²) in [5.41, 5.74) is 1.84. The minimum atomic E-state index is -0.0220. The van der Waals surface area contributed by atoms with Crippen molar-refractivity contribution in [2.24, 2.45) is 0 Å². The fourth-order valence-corrected chi connectivity index (χ4v) is 2.29. The third-order valence-corrected chi connectivity index (χ3v) is 2.92. The van der Waals surface area contributed by atoms with E-state index in [9.17, 15) is 4.79 Å². The Morgan fingerprint density at radius 1 is 1.43 bits per heavy atom. The average Bonchev–Trinajstić information content (AvgIpc) is 2.68. The zero-order chi connectivity index (χ0) is 9.71. The van der Waals surface area contributed by atoms with E-state index in [0.717, 1.165) is 16.1 Å². The summed E-state index contributed by atoms with van der Waals surface area (Å²) in [4.78, 5) is 14.4. The molecule has 2 aliphatic rings. The van der Waals surface area contributed by atoms with Gasteiger partial charge in [-0.15, -0.1) is 0 Å². The van der Waals surface area contributed by atoms with Crippen LogP contribution >= 0.6 is 12.2 Å². The number of benzene rings is 1. The Kier molecular flexibility index (Phi) is 1.44. The molecule has 1 atom stereocenters. The van der Waals surface area contributed by atoms with Gasteiger partial charge in [0.25, 0.3) is 5.91 Å². The fourth-order valence-electron chi connectivity index (χ4n) is 2.04. The second kappa shape index (κ2) is 2.54. The maximum atomic E-state index is 11.9. The van der Waals surface area contributed by atoms with E-state index >= 15 is 0 Å². The molecule has 3 rings (SSSR count). The summed E-state index contributed by atoms with van der Waals surface area (Å²) in [6.07, 6.45) is -0.0220. The van der Waals surface area contributed by atoms with Gasteiger partial charge in [-0.1, -0.05) is 30.4 Å². The van der Waals surface area contributed by atoms with Crippen molar-refractivity contribution in [1.29, 1.82) is 0 Å². The molecule has 14 heavy (non-hydrogen) atoms. The highest BCUT2D eigenvalue weighted by Gasteiger charge is 2.40. The number of rotatable bonds is 0. The number of hydrogen-bond acceptors (Lipinski definition) is 2. The van der Waals surface area contributed by atoms with Crippen molar-refractivity contribution >= 4 is 23.1 Å². The van der Waals surface area contributed by atoms with E-state index in [-0.39, 0.29) is 12.1 Å². The van der Waals surface area contributed by atoms with Crippen LogP contribution in [0.2, 0.25) is 0 Å². The Morgan fingerprint density at radius 2 is 2.21 bits per heavy atom. The molecule has 1 aromatic carbocycles. The van der Waals surface area contributed by atoms with Crippen molar-refractivity contribution in [3.05, 3.63) is 35.4 Å². The molecule has 4 heteroatoms. The van der Waals surface area contributed by atoms with Gasteiger partial charge in [-0.05, 0) is 6.07 Å². The van der Waals surface area contributed by atoms with Gasteiger partial charge in [0.15, 0.2) is 0 Å². The van der Waals surface area contributed by atoms with Crippen molar-refractivity contribution in [3.8, 4) is 0 Å². The van der Waals surface area contributed by atoms with Crippen LogP contribution in [0, 0.1) is 0 Å². The van der Waals surface area contributed by atoms with Gasteiger partial charge < -0.3 is 10.2 Å². The van der Waals surface area contributed by atoms with Gasteiger partial charge in [-0.3, -0.25) is 4.79 Å². The molecule has 0 saturated carbocycles. The van der Waals surface area contributed by atoms with Gasteiger partial charge >= 0.3 is 0 Å². The molecule has 0 spiro atoms. The van der Waals surface area contributed by atoms with Crippen LogP contribution in [0.15, 0.2) is 24.3 Å². The number of hydrogen-bond donors (Lipinski definition) is 1. The summed E-state index contributed by atoms with van der Waals surface area (Å²) in [6, 6.07) is 7.66. The summed E-state index contributed by atoms with van der Waals surface area (Å²) in [5.74, 6) is 0.0814. The third kappa shape index (κ3) is 0.861. The van der Waals surface area contributed by atoms with E-state index in [4.69, 9.17) is 12.2 Å². The van der Waals surface area contributed by atoms with Gasteiger partial charge in [0.05, 0.1) is 11.5 Å². The highest BCUT2D eigenvalue weighted by atomic mass is 32.1. The highest BCUT2D eigenvalue weighted by Crippen LogP contribution is 2.33. The molecule has 0 aromatic heterocycles. The molecule has 70 valence electrons. The number of carbonyl (C=O) groups excluding carboxylic acids is 1. The molecule has 0 bridgehead atoms. The molecule has 0 aliphatic carbocycles. The van der Waals surface area contributed by atoms with Gasteiger partial charge in [-0.25, -0.2) is 0 Å². The van der Waals surface area contributed by atoms with Gasteiger partial charge in [0.2, 0.25) is 0 Å². The molecule has 1 unspecified atom stereocenters. The number of nitrogens with zero attached hydrogens (tertiary/aromatic N) is 1. The molecular formula is C10H8N2OS. The fraction of sp³-hybridized carbons (Fsp3) is 0.200. The standard InChI is InChI=1S/C10H8N2OS/c13-10-7-4-2-1-3-6(7)9-11-8(14)5-12(9)10/h1-4,9H,5H2,(H,11,14). The Morgan fingerprint density at radius 3 is 3.07 bits per heavy atom. The van der Waals surface area contributed by atoms with Crippen molar-refractivity contribution < 1.29 is 4.79 Å². The molecule has 0 radical (unpaired) electrons. The van der Waals surface area contributed by atoms with E-state index in [1.54, 1.807) is 4.90 Å². The quantitative estimate of drug-likeness (QED) is 0.642. The van der Waals surface area contributed by atoms with Gasteiger partial charge in [-0.2, -0.15) is 0 Å². The summed E-state index contributed by atoms with van der Waals surface area (Å²) in [5, 5.41) is 3.14.